The number of hydrogen-bond donors (Lipinski definition) is 1. The zero-order chi connectivity index (χ0) is 16.8. The molecule has 1 aliphatic heterocycles. The van der Waals surface area contributed by atoms with E-state index in [1.54, 1.807) is 6.26 Å². The average molecular weight is 348 g/mol. The van der Waals surface area contributed by atoms with E-state index in [-0.39, 0.29) is 24.1 Å². The maximum absolute atomic E-state index is 10.7. The molecular formula is C16H20N4O3S. The Morgan fingerprint density at radius 3 is 2.71 bits per heavy atom. The normalized spacial score (nSPS) is 23.8. The second kappa shape index (κ2) is 5.87. The molecule has 3 aromatic heterocycles. The first-order valence-electron chi connectivity index (χ1n) is 8.01. The van der Waals surface area contributed by atoms with E-state index in [1.807, 2.05) is 19.1 Å². The van der Waals surface area contributed by atoms with Gasteiger partial charge in [0.1, 0.15) is 17.6 Å². The third-order valence-electron chi connectivity index (χ3n) is 4.18. The molecule has 1 aliphatic rings. The standard InChI is InChI=1S/C16H20N4O3S/c1-9-7-19(8-10(2)23-9)13(12-5-4-6-22-12)14-15(21)20-16(24-14)17-11(3)18-20/h4-6,9-10,13,21H,7-8H2,1-3H3/t9-,10+,13-/m1/s1. The maximum Gasteiger partial charge on any atom is 0.230 e. The van der Waals surface area contributed by atoms with Crippen molar-refractivity contribution in [3.8, 4) is 5.88 Å². The van der Waals surface area contributed by atoms with Crippen molar-refractivity contribution >= 4 is 16.3 Å². The number of morpholine rings is 1. The number of thiazole rings is 1. The Morgan fingerprint density at radius 2 is 2.08 bits per heavy atom. The number of ether oxygens (including phenoxy) is 1. The van der Waals surface area contributed by atoms with Crippen LogP contribution >= 0.6 is 11.3 Å². The van der Waals surface area contributed by atoms with Gasteiger partial charge in [-0.3, -0.25) is 4.90 Å². The van der Waals surface area contributed by atoms with E-state index < -0.39 is 0 Å². The predicted molar refractivity (Wildman–Crippen MR) is 89.4 cm³/mol. The van der Waals surface area contributed by atoms with Crippen LogP contribution in [0.4, 0.5) is 0 Å². The molecule has 1 fully saturated rings. The molecule has 4 heterocycles. The minimum Gasteiger partial charge on any atom is -0.492 e. The van der Waals surface area contributed by atoms with Crippen molar-refractivity contribution in [2.45, 2.75) is 39.0 Å². The average Bonchev–Trinajstić information content (AvgIpc) is 3.20. The fraction of sp³-hybridized carbons (Fsp3) is 0.500. The number of hydrogen-bond acceptors (Lipinski definition) is 7. The van der Waals surface area contributed by atoms with Gasteiger partial charge in [-0.15, -0.1) is 5.10 Å². The molecule has 3 atom stereocenters. The number of aryl methyl sites for hydroxylation is 1. The lowest BCUT2D eigenvalue weighted by Crippen LogP contribution is -2.47. The molecule has 0 bridgehead atoms. The molecule has 0 unspecified atom stereocenters. The maximum atomic E-state index is 10.7. The van der Waals surface area contributed by atoms with Gasteiger partial charge in [-0.25, -0.2) is 4.98 Å². The number of furan rings is 1. The van der Waals surface area contributed by atoms with Crippen molar-refractivity contribution in [2.24, 2.45) is 0 Å². The van der Waals surface area contributed by atoms with Crippen LogP contribution in [0.3, 0.4) is 0 Å². The van der Waals surface area contributed by atoms with Gasteiger partial charge in [-0.1, -0.05) is 11.3 Å². The molecule has 128 valence electrons. The van der Waals surface area contributed by atoms with Crippen LogP contribution < -0.4 is 0 Å². The minimum atomic E-state index is -0.178. The molecule has 0 amide bonds. The summed E-state index contributed by atoms with van der Waals surface area (Å²) in [6, 6.07) is 3.63. The molecule has 1 saturated heterocycles. The molecule has 24 heavy (non-hydrogen) atoms. The van der Waals surface area contributed by atoms with Crippen LogP contribution in [0, 0.1) is 6.92 Å². The summed E-state index contributed by atoms with van der Waals surface area (Å²) >= 11 is 1.44. The van der Waals surface area contributed by atoms with Gasteiger partial charge in [0, 0.05) is 13.1 Å². The Bertz CT molecular complexity index is 831. The Labute approximate surface area is 143 Å². The van der Waals surface area contributed by atoms with Gasteiger partial charge in [0.05, 0.1) is 23.3 Å². The molecule has 0 spiro atoms. The van der Waals surface area contributed by atoms with Crippen LogP contribution in [0.25, 0.3) is 4.96 Å². The molecule has 0 aliphatic carbocycles. The molecule has 1 N–H and O–H groups in total. The van der Waals surface area contributed by atoms with E-state index >= 15 is 0 Å². The number of fused-ring (bicyclic) bond motifs is 1. The molecule has 0 aromatic carbocycles. The monoisotopic (exact) mass is 348 g/mol. The summed E-state index contributed by atoms with van der Waals surface area (Å²) in [7, 11) is 0. The largest absolute Gasteiger partial charge is 0.492 e. The van der Waals surface area contributed by atoms with Gasteiger partial charge >= 0.3 is 0 Å². The van der Waals surface area contributed by atoms with Crippen molar-refractivity contribution in [2.75, 3.05) is 13.1 Å². The lowest BCUT2D eigenvalue weighted by Gasteiger charge is -2.39. The number of rotatable bonds is 3. The quantitative estimate of drug-likeness (QED) is 0.784. The number of aromatic hydroxyl groups is 1. The highest BCUT2D eigenvalue weighted by molar-refractivity contribution is 7.17. The number of nitrogens with zero attached hydrogens (tertiary/aromatic N) is 4. The van der Waals surface area contributed by atoms with Crippen LogP contribution in [-0.2, 0) is 4.74 Å². The Kier molecular flexibility index (Phi) is 3.82. The van der Waals surface area contributed by atoms with Crippen molar-refractivity contribution < 1.29 is 14.3 Å². The first-order valence-corrected chi connectivity index (χ1v) is 8.82. The van der Waals surface area contributed by atoms with Crippen molar-refractivity contribution in [1.82, 2.24) is 19.5 Å². The molecular weight excluding hydrogens is 328 g/mol. The topological polar surface area (TPSA) is 76.0 Å². The Balaban J connectivity index is 1.80. The third kappa shape index (κ3) is 2.60. The highest BCUT2D eigenvalue weighted by Crippen LogP contribution is 2.40. The van der Waals surface area contributed by atoms with Gasteiger partial charge < -0.3 is 14.3 Å². The summed E-state index contributed by atoms with van der Waals surface area (Å²) in [4.78, 5) is 8.14. The van der Waals surface area contributed by atoms with Gasteiger partial charge in [-0.05, 0) is 32.9 Å². The Hall–Kier alpha value is -1.90. The lowest BCUT2D eigenvalue weighted by atomic mass is 10.1. The minimum absolute atomic E-state index is 0.123. The summed E-state index contributed by atoms with van der Waals surface area (Å²) < 4.78 is 13.0. The Morgan fingerprint density at radius 1 is 1.33 bits per heavy atom. The van der Waals surface area contributed by atoms with E-state index in [2.05, 4.69) is 28.8 Å². The van der Waals surface area contributed by atoms with Gasteiger partial charge in [0.15, 0.2) is 0 Å². The molecule has 8 heteroatoms. The van der Waals surface area contributed by atoms with E-state index in [4.69, 9.17) is 9.15 Å². The third-order valence-corrected chi connectivity index (χ3v) is 5.25. The number of aromatic nitrogens is 3. The second-order valence-corrected chi connectivity index (χ2v) is 7.28. The zero-order valence-corrected chi connectivity index (χ0v) is 14.7. The summed E-state index contributed by atoms with van der Waals surface area (Å²) in [5.74, 6) is 1.57. The summed E-state index contributed by atoms with van der Waals surface area (Å²) in [6.45, 7) is 7.47. The molecule has 4 rings (SSSR count). The van der Waals surface area contributed by atoms with Crippen molar-refractivity contribution in [1.29, 1.82) is 0 Å². The first-order chi connectivity index (χ1) is 11.5. The van der Waals surface area contributed by atoms with Crippen molar-refractivity contribution in [3.63, 3.8) is 0 Å². The van der Waals surface area contributed by atoms with Crippen LogP contribution in [0.15, 0.2) is 22.8 Å². The first kappa shape index (κ1) is 15.6. The van der Waals surface area contributed by atoms with Crippen molar-refractivity contribution in [3.05, 3.63) is 34.9 Å². The van der Waals surface area contributed by atoms with Gasteiger partial charge in [0.25, 0.3) is 0 Å². The molecule has 0 saturated carbocycles. The summed E-state index contributed by atoms with van der Waals surface area (Å²) in [6.07, 6.45) is 1.91. The highest BCUT2D eigenvalue weighted by atomic mass is 32.1. The molecule has 3 aromatic rings. The zero-order valence-electron chi connectivity index (χ0n) is 13.8. The predicted octanol–water partition coefficient (Wildman–Crippen LogP) is 2.60. The fourth-order valence-electron chi connectivity index (χ4n) is 3.38. The van der Waals surface area contributed by atoms with E-state index in [1.165, 1.54) is 15.9 Å². The highest BCUT2D eigenvalue weighted by Gasteiger charge is 2.35. The van der Waals surface area contributed by atoms with Crippen LogP contribution in [0.2, 0.25) is 0 Å². The van der Waals surface area contributed by atoms with E-state index in [0.29, 0.717) is 10.8 Å². The van der Waals surface area contributed by atoms with Crippen LogP contribution in [0.1, 0.15) is 36.4 Å². The summed E-state index contributed by atoms with van der Waals surface area (Å²) in [5.41, 5.74) is 0. The lowest BCUT2D eigenvalue weighted by molar-refractivity contribution is -0.0781. The van der Waals surface area contributed by atoms with Crippen LogP contribution in [-0.4, -0.2) is 49.9 Å². The second-order valence-electron chi connectivity index (χ2n) is 6.27. The SMILES string of the molecule is Cc1nc2sc([C@@H](c3ccco3)N3C[C@@H](C)O[C@@H](C)C3)c(O)n2n1. The van der Waals surface area contributed by atoms with Gasteiger partial charge in [-0.2, -0.15) is 4.52 Å². The smallest absolute Gasteiger partial charge is 0.230 e. The summed E-state index contributed by atoms with van der Waals surface area (Å²) in [5, 5.41) is 15.0. The molecule has 0 radical (unpaired) electrons. The van der Waals surface area contributed by atoms with Crippen LogP contribution in [0.5, 0.6) is 5.88 Å². The fourth-order valence-corrected chi connectivity index (χ4v) is 4.52. The van der Waals surface area contributed by atoms with Gasteiger partial charge in [0.2, 0.25) is 10.8 Å². The molecule has 7 nitrogen and oxygen atoms in total. The van der Waals surface area contributed by atoms with E-state index in [0.717, 1.165) is 23.7 Å². The van der Waals surface area contributed by atoms with E-state index in [9.17, 15) is 5.11 Å².